The summed E-state index contributed by atoms with van der Waals surface area (Å²) in [5.74, 6) is 5.77. The quantitative estimate of drug-likeness (QED) is 0.804. The van der Waals surface area contributed by atoms with Gasteiger partial charge >= 0.3 is 0 Å². The zero-order valence-electron chi connectivity index (χ0n) is 11.4. The van der Waals surface area contributed by atoms with E-state index in [1.807, 2.05) is 11.4 Å². The third-order valence-corrected chi connectivity index (χ3v) is 5.29. The predicted octanol–water partition coefficient (Wildman–Crippen LogP) is 1.03. The number of aliphatic hydroxyl groups excluding tert-OH is 1. The third-order valence-electron chi connectivity index (χ3n) is 2.67. The van der Waals surface area contributed by atoms with E-state index in [2.05, 4.69) is 21.8 Å². The first-order valence-corrected chi connectivity index (χ1v) is 8.48. The molecule has 112 valence electrons. The van der Waals surface area contributed by atoms with E-state index >= 15 is 0 Å². The van der Waals surface area contributed by atoms with Gasteiger partial charge in [-0.2, -0.15) is 4.31 Å². The van der Waals surface area contributed by atoms with E-state index in [-0.39, 0.29) is 18.2 Å². The molecule has 2 aromatic rings. The summed E-state index contributed by atoms with van der Waals surface area (Å²) >= 11 is 1.45. The molecule has 0 amide bonds. The van der Waals surface area contributed by atoms with Gasteiger partial charge in [-0.25, -0.2) is 13.4 Å². The van der Waals surface area contributed by atoms with Crippen molar-refractivity contribution >= 4 is 21.4 Å². The van der Waals surface area contributed by atoms with Crippen molar-refractivity contribution in [3.63, 3.8) is 0 Å². The summed E-state index contributed by atoms with van der Waals surface area (Å²) in [7, 11) is -2.04. The van der Waals surface area contributed by atoms with Crippen LogP contribution in [0.1, 0.15) is 16.9 Å². The van der Waals surface area contributed by atoms with E-state index in [0.29, 0.717) is 6.42 Å². The van der Waals surface area contributed by atoms with Gasteiger partial charge in [-0.15, -0.1) is 11.3 Å². The number of thiophene rings is 1. The number of H-pyrrole nitrogens is 1. The summed E-state index contributed by atoms with van der Waals surface area (Å²) in [6.07, 6.45) is 3.05. The highest BCUT2D eigenvalue weighted by Gasteiger charge is 2.22. The van der Waals surface area contributed by atoms with E-state index in [0.717, 1.165) is 10.4 Å². The molecule has 0 spiro atoms. The molecular weight excluding hydrogens is 310 g/mol. The molecule has 2 N–H and O–H groups in total. The van der Waals surface area contributed by atoms with Crippen molar-refractivity contribution in [2.24, 2.45) is 0 Å². The lowest BCUT2D eigenvalue weighted by Gasteiger charge is -2.14. The molecule has 0 aliphatic heterocycles. The van der Waals surface area contributed by atoms with Crippen molar-refractivity contribution in [3.8, 4) is 11.8 Å². The standard InChI is InChI=1S/C13H15N3O3S2/c1-16(21(18,19)13-7-14-10-15-13)8-11-6-12(20-9-11)4-2-3-5-17/h6-7,9-10,17H,3,5,8H2,1H3,(H,14,15). The van der Waals surface area contributed by atoms with Gasteiger partial charge in [0.05, 0.1) is 24.0 Å². The molecule has 21 heavy (non-hydrogen) atoms. The number of aromatic amines is 1. The third kappa shape index (κ3) is 3.92. The Morgan fingerprint density at radius 2 is 2.33 bits per heavy atom. The van der Waals surface area contributed by atoms with Gasteiger partial charge in [0.15, 0.2) is 5.03 Å². The van der Waals surface area contributed by atoms with Gasteiger partial charge in [-0.05, 0) is 17.0 Å². The van der Waals surface area contributed by atoms with Crippen molar-refractivity contribution in [3.05, 3.63) is 34.4 Å². The fourth-order valence-electron chi connectivity index (χ4n) is 1.62. The maximum absolute atomic E-state index is 12.2. The Morgan fingerprint density at radius 1 is 1.52 bits per heavy atom. The second-order valence-electron chi connectivity index (χ2n) is 4.27. The molecule has 2 aromatic heterocycles. The molecule has 6 nitrogen and oxygen atoms in total. The van der Waals surface area contributed by atoms with Crippen LogP contribution in [-0.4, -0.2) is 41.5 Å². The van der Waals surface area contributed by atoms with Crippen LogP contribution >= 0.6 is 11.3 Å². The number of sulfonamides is 1. The number of aromatic nitrogens is 2. The Balaban J connectivity index is 2.07. The monoisotopic (exact) mass is 325 g/mol. The highest BCUT2D eigenvalue weighted by molar-refractivity contribution is 7.89. The lowest BCUT2D eigenvalue weighted by molar-refractivity contribution is 0.305. The molecule has 0 aromatic carbocycles. The zero-order valence-corrected chi connectivity index (χ0v) is 13.0. The second kappa shape index (κ2) is 6.87. The summed E-state index contributed by atoms with van der Waals surface area (Å²) in [4.78, 5) is 7.18. The van der Waals surface area contributed by atoms with E-state index in [1.54, 1.807) is 0 Å². The van der Waals surface area contributed by atoms with Crippen LogP contribution < -0.4 is 0 Å². The van der Waals surface area contributed by atoms with Crippen molar-refractivity contribution in [2.45, 2.75) is 18.0 Å². The summed E-state index contributed by atoms with van der Waals surface area (Å²) in [6, 6.07) is 1.86. The van der Waals surface area contributed by atoms with Gasteiger partial charge in [0.1, 0.15) is 0 Å². The lowest BCUT2D eigenvalue weighted by Crippen LogP contribution is -2.26. The minimum Gasteiger partial charge on any atom is -0.395 e. The molecule has 0 unspecified atom stereocenters. The Morgan fingerprint density at radius 3 is 3.00 bits per heavy atom. The maximum Gasteiger partial charge on any atom is 0.260 e. The molecule has 0 saturated heterocycles. The molecule has 2 heterocycles. The van der Waals surface area contributed by atoms with Gasteiger partial charge in [-0.1, -0.05) is 11.8 Å². The van der Waals surface area contributed by atoms with Crippen LogP contribution in [0.3, 0.4) is 0 Å². The van der Waals surface area contributed by atoms with Crippen LogP contribution in [0.2, 0.25) is 0 Å². The maximum atomic E-state index is 12.2. The molecule has 0 saturated carbocycles. The molecule has 2 rings (SSSR count). The molecule has 8 heteroatoms. The fourth-order valence-corrected chi connectivity index (χ4v) is 3.45. The number of hydrogen-bond acceptors (Lipinski definition) is 5. The topological polar surface area (TPSA) is 86.3 Å². The Hall–Kier alpha value is -1.66. The average Bonchev–Trinajstić information content (AvgIpc) is 3.10. The van der Waals surface area contributed by atoms with Crippen LogP contribution in [0.25, 0.3) is 0 Å². The van der Waals surface area contributed by atoms with Crippen LogP contribution in [0.15, 0.2) is 29.0 Å². The number of aliphatic hydroxyl groups is 1. The summed E-state index contributed by atoms with van der Waals surface area (Å²) in [5.41, 5.74) is 0.874. The van der Waals surface area contributed by atoms with E-state index in [4.69, 9.17) is 5.11 Å². The lowest BCUT2D eigenvalue weighted by atomic mass is 10.3. The van der Waals surface area contributed by atoms with Crippen molar-refractivity contribution in [1.29, 1.82) is 0 Å². The number of rotatable bonds is 5. The number of hydrogen-bond donors (Lipinski definition) is 2. The first-order valence-electron chi connectivity index (χ1n) is 6.16. The summed E-state index contributed by atoms with van der Waals surface area (Å²) in [5, 5.41) is 10.6. The number of nitrogens with one attached hydrogen (secondary N) is 1. The normalized spacial score (nSPS) is 11.4. The molecule has 0 atom stereocenters. The minimum absolute atomic E-state index is 0.0381. The van der Waals surface area contributed by atoms with Crippen LogP contribution in [-0.2, 0) is 16.6 Å². The average molecular weight is 325 g/mol. The fraction of sp³-hybridized carbons (Fsp3) is 0.308. The van der Waals surface area contributed by atoms with Gasteiger partial charge < -0.3 is 10.1 Å². The van der Waals surface area contributed by atoms with Gasteiger partial charge in [-0.3, -0.25) is 0 Å². The first-order chi connectivity index (χ1) is 10.0. The molecule has 0 fully saturated rings. The van der Waals surface area contributed by atoms with Gasteiger partial charge in [0.2, 0.25) is 0 Å². The van der Waals surface area contributed by atoms with Crippen LogP contribution in [0.5, 0.6) is 0 Å². The molecule has 0 radical (unpaired) electrons. The predicted molar refractivity (Wildman–Crippen MR) is 80.1 cm³/mol. The number of nitrogens with zero attached hydrogens (tertiary/aromatic N) is 2. The highest BCUT2D eigenvalue weighted by Crippen LogP contribution is 2.18. The highest BCUT2D eigenvalue weighted by atomic mass is 32.2. The Bertz CT molecular complexity index is 739. The van der Waals surface area contributed by atoms with Gasteiger partial charge in [0.25, 0.3) is 10.0 Å². The van der Waals surface area contributed by atoms with Crippen LogP contribution in [0.4, 0.5) is 0 Å². The molecule has 0 aliphatic carbocycles. The minimum atomic E-state index is -3.55. The van der Waals surface area contributed by atoms with E-state index in [9.17, 15) is 8.42 Å². The van der Waals surface area contributed by atoms with Crippen LogP contribution in [0, 0.1) is 11.8 Å². The first kappa shape index (κ1) is 15.7. The largest absolute Gasteiger partial charge is 0.395 e. The van der Waals surface area contributed by atoms with Crippen molar-refractivity contribution in [2.75, 3.05) is 13.7 Å². The smallest absolute Gasteiger partial charge is 0.260 e. The zero-order chi connectivity index (χ0) is 15.3. The Kier molecular flexibility index (Phi) is 5.14. The Labute approximate surface area is 127 Å². The summed E-state index contributed by atoms with van der Waals surface area (Å²) in [6.45, 7) is 0.302. The number of imidazole rings is 1. The van der Waals surface area contributed by atoms with E-state index in [1.165, 1.54) is 35.2 Å². The second-order valence-corrected chi connectivity index (χ2v) is 7.20. The van der Waals surface area contributed by atoms with Crippen molar-refractivity contribution < 1.29 is 13.5 Å². The van der Waals surface area contributed by atoms with Crippen molar-refractivity contribution in [1.82, 2.24) is 14.3 Å². The SMILES string of the molecule is CN(Cc1csc(C#CCCO)c1)S(=O)(=O)c1cnc[nH]1. The molecule has 0 aliphatic rings. The molecule has 0 bridgehead atoms. The van der Waals surface area contributed by atoms with E-state index < -0.39 is 10.0 Å². The summed E-state index contributed by atoms with van der Waals surface area (Å²) < 4.78 is 25.7. The van der Waals surface area contributed by atoms with Gasteiger partial charge in [0, 0.05) is 20.0 Å². The molecular formula is C13H15N3O3S2.